The predicted molar refractivity (Wildman–Crippen MR) is 214 cm³/mol. The number of thiophene rings is 1. The number of rotatable bonds is 3. The standard InChI is InChI=1S/C46H25N3OS/c1-2-10-28(11-3-1)43-45-44(32-14-4-5-21-38(32)51-45)48-46(47-43)31-17-8-16-30-29(31)15-9-18-33(30)49-34-24-22-26-12-6-19-36-39(26)41(34)42-35(49)25-23-27-13-7-20-37(50-36)40(27)42/h1-25H. The molecule has 4 aromatic heterocycles. The van der Waals surface area contributed by atoms with Gasteiger partial charge in [-0.2, -0.15) is 0 Å². The van der Waals surface area contributed by atoms with Gasteiger partial charge in [0.2, 0.25) is 0 Å². The third kappa shape index (κ3) is 3.68. The fourth-order valence-corrected chi connectivity index (χ4v) is 9.57. The first-order chi connectivity index (χ1) is 25.3. The lowest BCUT2D eigenvalue weighted by Gasteiger charge is -2.15. The highest BCUT2D eigenvalue weighted by atomic mass is 32.1. The van der Waals surface area contributed by atoms with Crippen LogP contribution in [-0.2, 0) is 0 Å². The molecule has 236 valence electrons. The van der Waals surface area contributed by atoms with Gasteiger partial charge in [-0.3, -0.25) is 0 Å². The van der Waals surface area contributed by atoms with E-state index in [1.54, 1.807) is 11.3 Å². The first kappa shape index (κ1) is 27.3. The Morgan fingerprint density at radius 2 is 1.14 bits per heavy atom. The number of fused-ring (bicyclic) bond motifs is 4. The summed E-state index contributed by atoms with van der Waals surface area (Å²) in [5.74, 6) is 0.729. The molecule has 0 amide bonds. The van der Waals surface area contributed by atoms with Crippen molar-refractivity contribution in [2.75, 3.05) is 0 Å². The van der Waals surface area contributed by atoms with Gasteiger partial charge in [-0.05, 0) is 52.6 Å². The van der Waals surface area contributed by atoms with Crippen molar-refractivity contribution >= 4 is 96.9 Å². The van der Waals surface area contributed by atoms with Crippen LogP contribution < -0.4 is 0 Å². The third-order valence-electron chi connectivity index (χ3n) is 10.6. The van der Waals surface area contributed by atoms with Gasteiger partial charge in [0.1, 0.15) is 11.2 Å². The van der Waals surface area contributed by atoms with Crippen molar-refractivity contribution in [1.29, 1.82) is 0 Å². The maximum absolute atomic E-state index is 6.67. The predicted octanol–water partition coefficient (Wildman–Crippen LogP) is 12.9. The minimum atomic E-state index is 0.729. The highest BCUT2D eigenvalue weighted by Gasteiger charge is 2.23. The van der Waals surface area contributed by atoms with E-state index in [-0.39, 0.29) is 0 Å². The second-order valence-corrected chi connectivity index (χ2v) is 14.3. The van der Waals surface area contributed by atoms with Crippen LogP contribution in [0.3, 0.4) is 0 Å². The molecular formula is C46H25N3OS. The Bertz CT molecular complexity index is 3270. The molecule has 0 unspecified atom stereocenters. The van der Waals surface area contributed by atoms with E-state index < -0.39 is 0 Å². The Hall–Kier alpha value is -6.56. The number of aromatic nitrogens is 3. The van der Waals surface area contributed by atoms with E-state index in [1.165, 1.54) is 26.2 Å². The summed E-state index contributed by atoms with van der Waals surface area (Å²) in [5, 5.41) is 10.5. The van der Waals surface area contributed by atoms with Gasteiger partial charge in [0.15, 0.2) is 5.82 Å². The summed E-state index contributed by atoms with van der Waals surface area (Å²) in [5.41, 5.74) is 9.29. The quantitative estimate of drug-likeness (QED) is 0.188. The first-order valence-corrected chi connectivity index (χ1v) is 18.0. The number of hydrogen-bond donors (Lipinski definition) is 0. The second-order valence-electron chi connectivity index (χ2n) is 13.3. The molecule has 0 aliphatic carbocycles. The molecule has 51 heavy (non-hydrogen) atoms. The van der Waals surface area contributed by atoms with Crippen molar-refractivity contribution in [2.45, 2.75) is 0 Å². The molecule has 0 aliphatic heterocycles. The zero-order valence-corrected chi connectivity index (χ0v) is 27.9. The van der Waals surface area contributed by atoms with Gasteiger partial charge in [-0.25, -0.2) is 9.97 Å². The van der Waals surface area contributed by atoms with Crippen LogP contribution in [0.5, 0.6) is 0 Å². The van der Waals surface area contributed by atoms with E-state index in [1.807, 2.05) is 0 Å². The molecule has 0 spiro atoms. The molecule has 0 saturated carbocycles. The molecule has 12 aromatic rings. The average molecular weight is 668 g/mol. The van der Waals surface area contributed by atoms with E-state index in [0.29, 0.717) is 0 Å². The van der Waals surface area contributed by atoms with Crippen LogP contribution in [0, 0.1) is 0 Å². The van der Waals surface area contributed by atoms with Crippen LogP contribution in [0.1, 0.15) is 0 Å². The summed E-state index contributed by atoms with van der Waals surface area (Å²) in [6.45, 7) is 0. The van der Waals surface area contributed by atoms with Gasteiger partial charge in [-0.1, -0.05) is 115 Å². The largest absolute Gasteiger partial charge is 0.456 e. The molecule has 5 heteroatoms. The molecule has 0 N–H and O–H groups in total. The Balaban J connectivity index is 1.18. The molecule has 0 atom stereocenters. The zero-order valence-electron chi connectivity index (χ0n) is 27.1. The molecule has 0 aliphatic rings. The van der Waals surface area contributed by atoms with Gasteiger partial charge in [0, 0.05) is 48.1 Å². The average Bonchev–Trinajstić information content (AvgIpc) is 3.68. The highest BCUT2D eigenvalue weighted by molar-refractivity contribution is 7.26. The maximum atomic E-state index is 6.67. The number of nitrogens with zero attached hydrogens (tertiary/aromatic N) is 3. The fourth-order valence-electron chi connectivity index (χ4n) is 8.41. The van der Waals surface area contributed by atoms with Crippen molar-refractivity contribution < 1.29 is 4.42 Å². The van der Waals surface area contributed by atoms with Crippen LogP contribution >= 0.6 is 11.3 Å². The van der Waals surface area contributed by atoms with Crippen molar-refractivity contribution in [3.05, 3.63) is 152 Å². The summed E-state index contributed by atoms with van der Waals surface area (Å²) < 4.78 is 11.4. The van der Waals surface area contributed by atoms with Crippen molar-refractivity contribution in [3.63, 3.8) is 0 Å². The zero-order chi connectivity index (χ0) is 33.2. The van der Waals surface area contributed by atoms with Gasteiger partial charge < -0.3 is 8.98 Å². The Kier molecular flexibility index (Phi) is 5.35. The minimum absolute atomic E-state index is 0.729. The van der Waals surface area contributed by atoms with E-state index in [0.717, 1.165) is 87.7 Å². The van der Waals surface area contributed by atoms with Crippen LogP contribution in [-0.4, -0.2) is 14.5 Å². The van der Waals surface area contributed by atoms with E-state index in [2.05, 4.69) is 156 Å². The molecular weight excluding hydrogens is 643 g/mol. The van der Waals surface area contributed by atoms with Crippen molar-refractivity contribution in [3.8, 4) is 28.3 Å². The van der Waals surface area contributed by atoms with Gasteiger partial charge >= 0.3 is 0 Å². The Labute approximate surface area is 294 Å². The van der Waals surface area contributed by atoms with Crippen molar-refractivity contribution in [2.24, 2.45) is 0 Å². The summed E-state index contributed by atoms with van der Waals surface area (Å²) in [7, 11) is 0. The summed E-state index contributed by atoms with van der Waals surface area (Å²) in [6, 6.07) is 53.9. The lowest BCUT2D eigenvalue weighted by atomic mass is 10.00. The smallest absolute Gasteiger partial charge is 0.161 e. The minimum Gasteiger partial charge on any atom is -0.456 e. The van der Waals surface area contributed by atoms with E-state index in [9.17, 15) is 0 Å². The van der Waals surface area contributed by atoms with E-state index >= 15 is 0 Å². The highest BCUT2D eigenvalue weighted by Crippen LogP contribution is 2.46. The SMILES string of the molecule is c1ccc(-c2nc(-c3cccc4c(-n5c6ccc7cccc8oc9cccc%10ccc5c(c%109)c6c78)cccc34)nc3c2sc2ccccc23)cc1. The summed E-state index contributed by atoms with van der Waals surface area (Å²) in [6.07, 6.45) is 0. The van der Waals surface area contributed by atoms with Crippen LogP contribution in [0.4, 0.5) is 0 Å². The van der Waals surface area contributed by atoms with Gasteiger partial charge in [0.05, 0.1) is 32.6 Å². The maximum Gasteiger partial charge on any atom is 0.161 e. The molecule has 0 bridgehead atoms. The topological polar surface area (TPSA) is 43.9 Å². The lowest BCUT2D eigenvalue weighted by molar-refractivity contribution is 0.664. The normalized spacial score (nSPS) is 12.3. The molecule has 0 radical (unpaired) electrons. The van der Waals surface area contributed by atoms with Crippen LogP contribution in [0.2, 0.25) is 0 Å². The molecule has 0 saturated heterocycles. The van der Waals surface area contributed by atoms with E-state index in [4.69, 9.17) is 14.4 Å². The molecule has 4 heterocycles. The molecule has 4 nitrogen and oxygen atoms in total. The number of benzene rings is 8. The monoisotopic (exact) mass is 667 g/mol. The summed E-state index contributed by atoms with van der Waals surface area (Å²) >= 11 is 1.76. The van der Waals surface area contributed by atoms with Crippen LogP contribution in [0.15, 0.2) is 156 Å². The molecule has 8 aromatic carbocycles. The third-order valence-corrected chi connectivity index (χ3v) is 11.7. The Morgan fingerprint density at radius 3 is 1.90 bits per heavy atom. The Morgan fingerprint density at radius 1 is 0.490 bits per heavy atom. The second kappa shape index (κ2) is 10.0. The van der Waals surface area contributed by atoms with Gasteiger partial charge in [-0.15, -0.1) is 11.3 Å². The fraction of sp³-hybridized carbons (Fsp3) is 0. The summed E-state index contributed by atoms with van der Waals surface area (Å²) in [4.78, 5) is 10.7. The molecule has 0 fully saturated rings. The number of hydrogen-bond acceptors (Lipinski definition) is 4. The molecule has 12 rings (SSSR count). The first-order valence-electron chi connectivity index (χ1n) is 17.2. The van der Waals surface area contributed by atoms with Crippen LogP contribution in [0.25, 0.3) is 114 Å². The van der Waals surface area contributed by atoms with Gasteiger partial charge in [0.25, 0.3) is 0 Å². The van der Waals surface area contributed by atoms with Crippen molar-refractivity contribution in [1.82, 2.24) is 14.5 Å². The lowest BCUT2D eigenvalue weighted by Crippen LogP contribution is -1.98.